The number of aromatic nitrogens is 2. The second-order valence-corrected chi connectivity index (χ2v) is 7.65. The zero-order chi connectivity index (χ0) is 26.0. The average molecular weight is 515 g/mol. The van der Waals surface area contributed by atoms with Crippen molar-refractivity contribution >= 4 is 22.6 Å². The van der Waals surface area contributed by atoms with Crippen LogP contribution in [-0.2, 0) is 6.54 Å². The van der Waals surface area contributed by atoms with E-state index in [1.54, 1.807) is 0 Å². The van der Waals surface area contributed by atoms with Gasteiger partial charge in [0.15, 0.2) is 11.5 Å². The third-order valence-electron chi connectivity index (χ3n) is 5.52. The Labute approximate surface area is 208 Å². The number of anilines is 1. The standard InChI is InChI=1S/C25H21F2N3O6.H2O/c1-34-19-9-13(10-20(35-2)24(19)36-3)28-25(33)15-12-30(11-14-16(26)5-4-6-17(14)27)18-7-8-21(31)29-22(18)23(15)32;/h4-10,12H,11H2,1-3H3,(H,28,33)(H,29,31);1H2. The first-order valence-electron chi connectivity index (χ1n) is 10.6. The van der Waals surface area contributed by atoms with E-state index in [0.717, 1.165) is 12.1 Å². The Hall–Kier alpha value is -4.71. The fraction of sp³-hybridized carbons (Fsp3) is 0.160. The van der Waals surface area contributed by atoms with E-state index in [2.05, 4.69) is 10.3 Å². The smallest absolute Gasteiger partial charge is 0.261 e. The highest BCUT2D eigenvalue weighted by molar-refractivity contribution is 6.05. The lowest BCUT2D eigenvalue weighted by atomic mass is 10.1. The molecule has 2 aromatic carbocycles. The van der Waals surface area contributed by atoms with Crippen molar-refractivity contribution in [3.63, 3.8) is 0 Å². The summed E-state index contributed by atoms with van der Waals surface area (Å²) in [6.45, 7) is -0.341. The maximum atomic E-state index is 14.3. The number of pyridine rings is 2. The molecule has 0 unspecified atom stereocenters. The topological polar surface area (TPSA) is 143 Å². The summed E-state index contributed by atoms with van der Waals surface area (Å²) in [5.41, 5.74) is -1.76. The van der Waals surface area contributed by atoms with Crippen molar-refractivity contribution in [3.05, 3.63) is 92.0 Å². The van der Waals surface area contributed by atoms with Crippen LogP contribution in [-0.4, -0.2) is 42.3 Å². The van der Waals surface area contributed by atoms with E-state index in [1.165, 1.54) is 62.4 Å². The molecule has 1 amide bonds. The number of nitrogens with zero attached hydrogens (tertiary/aromatic N) is 1. The summed E-state index contributed by atoms with van der Waals surface area (Å²) in [6, 6.07) is 8.88. The molecule has 4 aromatic rings. The number of carbonyl (C=O) groups is 1. The van der Waals surface area contributed by atoms with Crippen LogP contribution in [0.2, 0.25) is 0 Å². The van der Waals surface area contributed by atoms with Crippen LogP contribution in [0.4, 0.5) is 14.5 Å². The van der Waals surface area contributed by atoms with Crippen molar-refractivity contribution in [1.82, 2.24) is 9.55 Å². The number of carbonyl (C=O) groups excluding carboxylic acids is 1. The van der Waals surface area contributed by atoms with E-state index in [4.69, 9.17) is 14.2 Å². The van der Waals surface area contributed by atoms with Crippen molar-refractivity contribution in [2.45, 2.75) is 6.54 Å². The quantitative estimate of drug-likeness (QED) is 0.387. The Bertz CT molecular complexity index is 1550. The molecule has 0 aliphatic carbocycles. The predicted molar refractivity (Wildman–Crippen MR) is 132 cm³/mol. The Balaban J connectivity index is 0.00000380. The Kier molecular flexibility index (Phi) is 7.93. The molecule has 0 aliphatic rings. The highest BCUT2D eigenvalue weighted by atomic mass is 19.1. The van der Waals surface area contributed by atoms with Gasteiger partial charge >= 0.3 is 0 Å². The summed E-state index contributed by atoms with van der Waals surface area (Å²) < 4.78 is 45.8. The molecule has 4 rings (SSSR count). The monoisotopic (exact) mass is 515 g/mol. The number of H-pyrrole nitrogens is 1. The molecule has 0 spiro atoms. The van der Waals surface area contributed by atoms with E-state index >= 15 is 0 Å². The van der Waals surface area contributed by atoms with Gasteiger partial charge in [-0.25, -0.2) is 8.78 Å². The molecular formula is C25H23F2N3O7. The summed E-state index contributed by atoms with van der Waals surface area (Å²) in [5, 5.41) is 2.58. The SMILES string of the molecule is COc1cc(NC(=O)c2cn(Cc3c(F)cccc3F)c3ccc(=O)[nH]c3c2=O)cc(OC)c1OC.O. The summed E-state index contributed by atoms with van der Waals surface area (Å²) in [5.74, 6) is -1.59. The van der Waals surface area contributed by atoms with Gasteiger partial charge in [-0.05, 0) is 18.2 Å². The zero-order valence-corrected chi connectivity index (χ0v) is 20.0. The summed E-state index contributed by atoms with van der Waals surface area (Å²) in [6.07, 6.45) is 1.18. The first-order valence-corrected chi connectivity index (χ1v) is 10.6. The number of fused-ring (bicyclic) bond motifs is 1. The molecule has 0 aliphatic heterocycles. The number of benzene rings is 2. The van der Waals surface area contributed by atoms with E-state index in [-0.39, 0.29) is 51.4 Å². The highest BCUT2D eigenvalue weighted by Gasteiger charge is 2.20. The number of ether oxygens (including phenoxy) is 3. The van der Waals surface area contributed by atoms with Gasteiger partial charge in [-0.15, -0.1) is 0 Å². The molecule has 4 N–H and O–H groups in total. The lowest BCUT2D eigenvalue weighted by Crippen LogP contribution is -2.26. The van der Waals surface area contributed by atoms with E-state index in [9.17, 15) is 23.2 Å². The van der Waals surface area contributed by atoms with E-state index < -0.39 is 28.5 Å². The van der Waals surface area contributed by atoms with Crippen LogP contribution >= 0.6 is 0 Å². The summed E-state index contributed by atoms with van der Waals surface area (Å²) in [4.78, 5) is 40.6. The first kappa shape index (κ1) is 26.9. The molecule has 0 saturated heterocycles. The fourth-order valence-electron chi connectivity index (χ4n) is 3.80. The maximum absolute atomic E-state index is 14.3. The molecule has 194 valence electrons. The zero-order valence-electron chi connectivity index (χ0n) is 20.0. The molecular weight excluding hydrogens is 492 g/mol. The number of nitrogens with one attached hydrogen (secondary N) is 2. The third kappa shape index (κ3) is 5.14. The molecule has 0 atom stereocenters. The second-order valence-electron chi connectivity index (χ2n) is 7.65. The van der Waals surface area contributed by atoms with Crippen LogP contribution < -0.4 is 30.5 Å². The molecule has 0 radical (unpaired) electrons. The van der Waals surface area contributed by atoms with Gasteiger partial charge in [0.05, 0.1) is 33.4 Å². The van der Waals surface area contributed by atoms with Crippen LogP contribution in [0.5, 0.6) is 17.2 Å². The van der Waals surface area contributed by atoms with Crippen molar-refractivity contribution in [2.75, 3.05) is 26.6 Å². The molecule has 12 heteroatoms. The van der Waals surface area contributed by atoms with Crippen molar-refractivity contribution < 1.29 is 33.3 Å². The lowest BCUT2D eigenvalue weighted by molar-refractivity contribution is 0.102. The molecule has 2 heterocycles. The molecule has 37 heavy (non-hydrogen) atoms. The summed E-state index contributed by atoms with van der Waals surface area (Å²) >= 11 is 0. The van der Waals surface area contributed by atoms with Crippen LogP contribution in [0.25, 0.3) is 11.0 Å². The number of hydrogen-bond acceptors (Lipinski definition) is 6. The van der Waals surface area contributed by atoms with Crippen LogP contribution in [0.15, 0.2) is 58.3 Å². The fourth-order valence-corrected chi connectivity index (χ4v) is 3.80. The number of amides is 1. The Morgan fingerprint density at radius 2 is 1.59 bits per heavy atom. The minimum atomic E-state index is -0.830. The largest absolute Gasteiger partial charge is 0.493 e. The van der Waals surface area contributed by atoms with Crippen molar-refractivity contribution in [3.8, 4) is 17.2 Å². The first-order chi connectivity index (χ1) is 17.3. The maximum Gasteiger partial charge on any atom is 0.261 e. The van der Waals surface area contributed by atoms with Crippen LogP contribution in [0.1, 0.15) is 15.9 Å². The predicted octanol–water partition coefficient (Wildman–Crippen LogP) is 2.47. The van der Waals surface area contributed by atoms with Gasteiger partial charge in [0.1, 0.15) is 22.7 Å². The average Bonchev–Trinajstić information content (AvgIpc) is 2.86. The molecule has 10 nitrogen and oxygen atoms in total. The second kappa shape index (κ2) is 10.9. The normalized spacial score (nSPS) is 10.5. The number of halogens is 2. The number of rotatable bonds is 7. The minimum Gasteiger partial charge on any atom is -0.493 e. The Morgan fingerprint density at radius 1 is 0.973 bits per heavy atom. The number of aromatic amines is 1. The van der Waals surface area contributed by atoms with Gasteiger partial charge in [-0.3, -0.25) is 14.4 Å². The van der Waals surface area contributed by atoms with Crippen LogP contribution in [0, 0.1) is 11.6 Å². The van der Waals surface area contributed by atoms with Crippen molar-refractivity contribution in [2.24, 2.45) is 0 Å². The third-order valence-corrected chi connectivity index (χ3v) is 5.52. The van der Waals surface area contributed by atoms with Gasteiger partial charge in [0.25, 0.3) is 5.91 Å². The number of hydrogen-bond donors (Lipinski definition) is 2. The van der Waals surface area contributed by atoms with Gasteiger partial charge in [-0.1, -0.05) is 6.07 Å². The Morgan fingerprint density at radius 3 is 2.16 bits per heavy atom. The van der Waals surface area contributed by atoms with Crippen molar-refractivity contribution in [1.29, 1.82) is 0 Å². The van der Waals surface area contributed by atoms with Gasteiger partial charge in [0, 0.05) is 35.6 Å². The van der Waals surface area contributed by atoms with Gasteiger partial charge in [-0.2, -0.15) is 0 Å². The molecule has 0 bridgehead atoms. The molecule has 0 saturated carbocycles. The summed E-state index contributed by atoms with van der Waals surface area (Å²) in [7, 11) is 4.24. The van der Waals surface area contributed by atoms with Gasteiger partial charge in [0.2, 0.25) is 16.7 Å². The molecule has 2 aromatic heterocycles. The minimum absolute atomic E-state index is 0. The van der Waals surface area contributed by atoms with Crippen LogP contribution in [0.3, 0.4) is 0 Å². The van der Waals surface area contributed by atoms with E-state index in [0.29, 0.717) is 5.75 Å². The lowest BCUT2D eigenvalue weighted by Gasteiger charge is -2.16. The molecule has 0 fully saturated rings. The van der Waals surface area contributed by atoms with Gasteiger partial charge < -0.3 is 34.6 Å². The van der Waals surface area contributed by atoms with E-state index in [1.807, 2.05) is 0 Å². The highest BCUT2D eigenvalue weighted by Crippen LogP contribution is 2.40. The number of methoxy groups -OCH3 is 3.